The second kappa shape index (κ2) is 5.42. The van der Waals surface area contributed by atoms with Gasteiger partial charge in [0.1, 0.15) is 5.58 Å². The highest BCUT2D eigenvalue weighted by Gasteiger charge is 2.14. The van der Waals surface area contributed by atoms with E-state index in [4.69, 9.17) is 11.3 Å². The van der Waals surface area contributed by atoms with Crippen LogP contribution in [0.1, 0.15) is 19.3 Å². The van der Waals surface area contributed by atoms with E-state index in [1.54, 1.807) is 0 Å². The van der Waals surface area contributed by atoms with Crippen LogP contribution in [0.15, 0.2) is 71.3 Å². The minimum Gasteiger partial charge on any atom is -0.437 e. The first-order valence-corrected chi connectivity index (χ1v) is 7.94. The average molecular weight is 329 g/mol. The highest BCUT2D eigenvalue weighted by atomic mass is 16.3. The number of benzene rings is 2. The van der Waals surface area contributed by atoms with E-state index in [1.807, 2.05) is 48.5 Å². The summed E-state index contributed by atoms with van der Waals surface area (Å²) in [7, 11) is 0. The molecule has 5 rings (SSSR count). The predicted molar refractivity (Wildman–Crippen MR) is 102 cm³/mol. The second-order valence-electron chi connectivity index (χ2n) is 5.87. The molecule has 0 spiro atoms. The van der Waals surface area contributed by atoms with Crippen molar-refractivity contribution in [1.29, 1.82) is 0 Å². The van der Waals surface area contributed by atoms with E-state index < -0.39 is 13.2 Å². The number of aryl methyl sites for hydroxylation is 1. The lowest BCUT2D eigenvalue weighted by molar-refractivity contribution is 0.657. The van der Waals surface area contributed by atoms with Crippen molar-refractivity contribution in [1.82, 2.24) is 9.97 Å². The Morgan fingerprint density at radius 2 is 2.00 bits per heavy atom. The Morgan fingerprint density at radius 1 is 1.04 bits per heavy atom. The number of furan rings is 1. The van der Waals surface area contributed by atoms with Gasteiger partial charge in [-0.2, -0.15) is 0 Å². The zero-order valence-corrected chi connectivity index (χ0v) is 13.2. The number of hydrogen-bond acceptors (Lipinski definition) is 3. The van der Waals surface area contributed by atoms with Crippen LogP contribution in [0.2, 0.25) is 0 Å². The minimum atomic E-state index is -2.79. The molecule has 5 aromatic rings. The normalized spacial score (nSPS) is 15.6. The van der Waals surface area contributed by atoms with Crippen LogP contribution >= 0.6 is 0 Å². The molecule has 0 atom stereocenters. The molecule has 0 radical (unpaired) electrons. The van der Waals surface area contributed by atoms with Crippen LogP contribution in [0, 0.1) is 0 Å². The van der Waals surface area contributed by atoms with E-state index in [-0.39, 0.29) is 5.56 Å². The van der Waals surface area contributed by atoms with Gasteiger partial charge in [-0.25, -0.2) is 4.98 Å². The summed E-state index contributed by atoms with van der Waals surface area (Å²) in [6, 6.07) is 18.3. The first-order chi connectivity index (χ1) is 14.3. The molecule has 3 aromatic heterocycles. The van der Waals surface area contributed by atoms with E-state index in [0.717, 1.165) is 21.7 Å². The van der Waals surface area contributed by atoms with Gasteiger partial charge in [-0.3, -0.25) is 4.98 Å². The summed E-state index contributed by atoms with van der Waals surface area (Å²) < 4.78 is 44.8. The molecular weight excluding hydrogens is 308 g/mol. The maximum atomic E-state index is 8.05. The van der Waals surface area contributed by atoms with Crippen molar-refractivity contribution >= 4 is 33.0 Å². The Balaban J connectivity index is 1.74. The van der Waals surface area contributed by atoms with Crippen LogP contribution in [0.5, 0.6) is 0 Å². The van der Waals surface area contributed by atoms with Crippen LogP contribution in [-0.2, 0) is 6.37 Å². The minimum absolute atomic E-state index is 0.0458. The molecule has 0 saturated carbocycles. The number of nitrogens with zero attached hydrogens (tertiary/aromatic N) is 2. The summed E-state index contributed by atoms with van der Waals surface area (Å²) in [5.74, 6) is 0. The lowest BCUT2D eigenvalue weighted by Crippen LogP contribution is -1.87. The molecule has 2 aromatic carbocycles. The van der Waals surface area contributed by atoms with Gasteiger partial charge in [0, 0.05) is 34.8 Å². The van der Waals surface area contributed by atoms with Gasteiger partial charge in [0.2, 0.25) is 5.71 Å². The summed E-state index contributed by atoms with van der Waals surface area (Å²) in [5.41, 5.74) is 3.05. The molecule has 0 unspecified atom stereocenters. The summed E-state index contributed by atoms with van der Waals surface area (Å²) in [6.45, 7) is -2.79. The van der Waals surface area contributed by atoms with Crippen molar-refractivity contribution in [3.63, 3.8) is 0 Å². The quantitative estimate of drug-likeness (QED) is 0.413. The molecule has 0 amide bonds. The molecule has 120 valence electrons. The van der Waals surface area contributed by atoms with Crippen LogP contribution in [-0.4, -0.2) is 9.97 Å². The number of fused-ring (bicyclic) bond motifs is 4. The number of pyridine rings is 2. The molecule has 3 nitrogen and oxygen atoms in total. The molecule has 0 aliphatic carbocycles. The van der Waals surface area contributed by atoms with E-state index in [9.17, 15) is 0 Å². The van der Waals surface area contributed by atoms with E-state index >= 15 is 0 Å². The van der Waals surface area contributed by atoms with Gasteiger partial charge in [-0.05, 0) is 42.3 Å². The topological polar surface area (TPSA) is 38.9 Å². The van der Waals surface area contributed by atoms with Crippen LogP contribution in [0.4, 0.5) is 0 Å². The van der Waals surface area contributed by atoms with Gasteiger partial charge in [0.05, 0.1) is 11.2 Å². The van der Waals surface area contributed by atoms with Crippen molar-refractivity contribution in [2.24, 2.45) is 0 Å². The molecule has 3 heteroatoms. The van der Waals surface area contributed by atoms with E-state index in [1.165, 1.54) is 18.3 Å². The molecular formula is C22H16N2O. The van der Waals surface area contributed by atoms with Gasteiger partial charge in [-0.1, -0.05) is 37.2 Å². The third-order valence-electron chi connectivity index (χ3n) is 4.37. The fourth-order valence-electron chi connectivity index (χ4n) is 3.18. The Kier molecular flexibility index (Phi) is 2.15. The van der Waals surface area contributed by atoms with Gasteiger partial charge < -0.3 is 4.42 Å². The molecule has 0 N–H and O–H groups in total. The first kappa shape index (κ1) is 9.94. The summed E-state index contributed by atoms with van der Waals surface area (Å²) in [4.78, 5) is 8.97. The number of aromatic nitrogens is 2. The van der Waals surface area contributed by atoms with E-state index in [2.05, 4.69) is 9.97 Å². The molecule has 0 aliphatic rings. The maximum absolute atomic E-state index is 8.05. The average Bonchev–Trinajstić information content (AvgIpc) is 3.09. The molecule has 0 fully saturated rings. The Hall–Kier alpha value is -3.20. The molecule has 3 heterocycles. The van der Waals surface area contributed by atoms with Crippen LogP contribution in [0.25, 0.3) is 44.2 Å². The third kappa shape index (κ3) is 2.20. The Bertz CT molecular complexity index is 1420. The highest BCUT2D eigenvalue weighted by Crippen LogP contribution is 2.35. The van der Waals surface area contributed by atoms with Crippen molar-refractivity contribution in [3.05, 3.63) is 72.4 Å². The Labute approximate surface area is 152 Å². The third-order valence-corrected chi connectivity index (χ3v) is 4.37. The smallest absolute Gasteiger partial charge is 0.227 e. The van der Waals surface area contributed by atoms with E-state index in [0.29, 0.717) is 22.6 Å². The zero-order chi connectivity index (χ0) is 21.1. The number of rotatable bonds is 2. The van der Waals surface area contributed by atoms with Crippen molar-refractivity contribution in [3.8, 4) is 11.3 Å². The van der Waals surface area contributed by atoms with Crippen LogP contribution < -0.4 is 0 Å². The van der Waals surface area contributed by atoms with Gasteiger partial charge in [-0.15, -0.1) is 0 Å². The van der Waals surface area contributed by atoms with Crippen molar-refractivity contribution in [2.45, 2.75) is 13.2 Å². The van der Waals surface area contributed by atoms with Gasteiger partial charge >= 0.3 is 0 Å². The van der Waals surface area contributed by atoms with Crippen molar-refractivity contribution < 1.29 is 11.3 Å². The second-order valence-corrected chi connectivity index (χ2v) is 5.87. The molecule has 0 saturated heterocycles. The molecule has 0 aliphatic heterocycles. The SMILES string of the molecule is [2H]C([2H])([2H])C([2H])([2H])c1ccnc(-c2cccc3c2oc2nc4ccccc4cc23)c1. The fraction of sp³-hybridized carbons (Fsp3) is 0.0909. The highest BCUT2D eigenvalue weighted by molar-refractivity contribution is 6.10. The van der Waals surface area contributed by atoms with Crippen molar-refractivity contribution in [2.75, 3.05) is 0 Å². The maximum Gasteiger partial charge on any atom is 0.227 e. The lowest BCUT2D eigenvalue weighted by atomic mass is 10.0. The largest absolute Gasteiger partial charge is 0.437 e. The van der Waals surface area contributed by atoms with Crippen LogP contribution in [0.3, 0.4) is 0 Å². The Morgan fingerprint density at radius 3 is 2.96 bits per heavy atom. The lowest BCUT2D eigenvalue weighted by Gasteiger charge is -2.03. The summed E-state index contributed by atoms with van der Waals surface area (Å²) in [5, 5.41) is 2.75. The fourth-order valence-corrected chi connectivity index (χ4v) is 3.18. The monoisotopic (exact) mass is 329 g/mol. The standard InChI is InChI=1S/C22H16N2O/c1-2-14-10-11-23-20(12-14)17-8-5-7-16-18-13-15-6-3-4-9-19(15)24-22(18)25-21(16)17/h3-13H,2H2,1H3/i1D3,2D2. The molecule has 25 heavy (non-hydrogen) atoms. The number of hydrogen-bond donors (Lipinski definition) is 0. The summed E-state index contributed by atoms with van der Waals surface area (Å²) >= 11 is 0. The molecule has 0 bridgehead atoms. The first-order valence-electron chi connectivity index (χ1n) is 10.4. The predicted octanol–water partition coefficient (Wildman–Crippen LogP) is 5.76. The van der Waals surface area contributed by atoms with Gasteiger partial charge in [0.15, 0.2) is 0 Å². The zero-order valence-electron chi connectivity index (χ0n) is 18.2. The summed E-state index contributed by atoms with van der Waals surface area (Å²) in [6.07, 6.45) is -1.08. The number of para-hydroxylation sites is 2. The van der Waals surface area contributed by atoms with Gasteiger partial charge in [0.25, 0.3) is 0 Å².